The number of aryl methyl sites for hydroxylation is 1. The Balaban J connectivity index is 1.59. The molecule has 3 aliphatic rings. The van der Waals surface area contributed by atoms with E-state index in [2.05, 4.69) is 5.32 Å². The number of amides is 2. The van der Waals surface area contributed by atoms with Crippen LogP contribution in [0.3, 0.4) is 0 Å². The van der Waals surface area contributed by atoms with E-state index in [1.165, 1.54) is 0 Å². The molecule has 1 saturated heterocycles. The number of rotatable bonds is 3. The molecule has 8 nitrogen and oxygen atoms in total. The maximum absolute atomic E-state index is 12.3. The van der Waals surface area contributed by atoms with E-state index in [1.54, 1.807) is 12.1 Å². The average molecular weight is 358 g/mol. The molecule has 1 aromatic rings. The number of hydrogen-bond donors (Lipinski definition) is 1. The summed E-state index contributed by atoms with van der Waals surface area (Å²) in [6, 6.07) is 3.31. The number of carbonyl (C=O) groups is 2. The van der Waals surface area contributed by atoms with Crippen molar-refractivity contribution in [3.63, 3.8) is 0 Å². The first kappa shape index (κ1) is 16.8. The molecule has 8 heteroatoms. The van der Waals surface area contributed by atoms with Gasteiger partial charge in [0.2, 0.25) is 11.8 Å². The molecule has 2 heterocycles. The molecule has 0 unspecified atom stereocenters. The van der Waals surface area contributed by atoms with Crippen molar-refractivity contribution in [1.29, 1.82) is 0 Å². The van der Waals surface area contributed by atoms with E-state index < -0.39 is 0 Å². The zero-order chi connectivity index (χ0) is 18.3. The molecular weight excluding hydrogens is 336 g/mol. The lowest BCUT2D eigenvalue weighted by molar-refractivity contribution is -0.384. The number of nitrogens with zero attached hydrogens (tertiary/aromatic N) is 3. The Labute approximate surface area is 151 Å². The zero-order valence-electron chi connectivity index (χ0n) is 14.6. The number of fused-ring (bicyclic) bond motifs is 1. The Morgan fingerprint density at radius 3 is 2.69 bits per heavy atom. The molecule has 0 bridgehead atoms. The number of nitro groups is 1. The second-order valence-electron chi connectivity index (χ2n) is 7.24. The van der Waals surface area contributed by atoms with Gasteiger partial charge < -0.3 is 15.1 Å². The number of hydrogen-bond acceptors (Lipinski definition) is 5. The molecule has 2 aliphatic heterocycles. The van der Waals surface area contributed by atoms with Crippen LogP contribution in [0.15, 0.2) is 12.1 Å². The Kier molecular flexibility index (Phi) is 4.26. The summed E-state index contributed by atoms with van der Waals surface area (Å²) in [5.41, 5.74) is 2.07. The van der Waals surface area contributed by atoms with Gasteiger partial charge in [0.25, 0.3) is 5.69 Å². The largest absolute Gasteiger partial charge is 0.364 e. The predicted octanol–water partition coefficient (Wildman–Crippen LogP) is 1.93. The zero-order valence-corrected chi connectivity index (χ0v) is 14.6. The SMILES string of the molecule is O=C1CCc2cc([N+](=O)[O-])c(N3CCCN(C(=O)C4CC4)CC3)cc2N1. The van der Waals surface area contributed by atoms with Gasteiger partial charge >= 0.3 is 0 Å². The van der Waals surface area contributed by atoms with Gasteiger partial charge in [-0.05, 0) is 37.3 Å². The lowest BCUT2D eigenvalue weighted by atomic mass is 10.0. The third-order valence-corrected chi connectivity index (χ3v) is 5.37. The second kappa shape index (κ2) is 6.59. The summed E-state index contributed by atoms with van der Waals surface area (Å²) in [6.45, 7) is 2.49. The molecule has 0 radical (unpaired) electrons. The maximum atomic E-state index is 12.3. The molecule has 1 aromatic carbocycles. The molecular formula is C18H22N4O4. The molecule has 0 atom stereocenters. The van der Waals surface area contributed by atoms with Crippen molar-refractivity contribution in [2.75, 3.05) is 36.4 Å². The monoisotopic (exact) mass is 358 g/mol. The van der Waals surface area contributed by atoms with Crippen LogP contribution in [-0.2, 0) is 16.0 Å². The van der Waals surface area contributed by atoms with Crippen LogP contribution in [-0.4, -0.2) is 47.8 Å². The highest BCUT2D eigenvalue weighted by molar-refractivity contribution is 5.95. The van der Waals surface area contributed by atoms with Gasteiger partial charge in [-0.2, -0.15) is 0 Å². The van der Waals surface area contributed by atoms with E-state index in [1.807, 2.05) is 9.80 Å². The van der Waals surface area contributed by atoms with E-state index in [9.17, 15) is 19.7 Å². The summed E-state index contributed by atoms with van der Waals surface area (Å²) in [5, 5.41) is 14.4. The molecule has 1 N–H and O–H groups in total. The molecule has 2 fully saturated rings. The summed E-state index contributed by atoms with van der Waals surface area (Å²) < 4.78 is 0. The standard InChI is InChI=1S/C18H22N4O4/c23-17-5-4-13-10-16(22(25)26)15(11-14(13)19-17)20-6-1-7-21(9-8-20)18(24)12-2-3-12/h10-12H,1-9H2,(H,19,23). The normalized spacial score (nSPS) is 20.2. The molecule has 138 valence electrons. The van der Waals surface area contributed by atoms with Crippen molar-refractivity contribution in [2.45, 2.75) is 32.1 Å². The highest BCUT2D eigenvalue weighted by atomic mass is 16.6. The maximum Gasteiger partial charge on any atom is 0.292 e. The molecule has 2 amide bonds. The van der Waals surface area contributed by atoms with Gasteiger partial charge in [0, 0.05) is 50.3 Å². The number of nitro benzene ring substituents is 1. The summed E-state index contributed by atoms with van der Waals surface area (Å²) in [7, 11) is 0. The topological polar surface area (TPSA) is 95.8 Å². The minimum atomic E-state index is -0.357. The molecule has 0 spiro atoms. The number of benzene rings is 1. The van der Waals surface area contributed by atoms with Gasteiger partial charge in [0.1, 0.15) is 5.69 Å². The van der Waals surface area contributed by atoms with Crippen LogP contribution in [0.2, 0.25) is 0 Å². The van der Waals surface area contributed by atoms with Gasteiger partial charge in [0.05, 0.1) is 4.92 Å². The van der Waals surface area contributed by atoms with Crippen molar-refractivity contribution >= 4 is 28.9 Å². The average Bonchev–Trinajstić information content (AvgIpc) is 3.46. The van der Waals surface area contributed by atoms with Crippen LogP contribution in [0.25, 0.3) is 0 Å². The number of carbonyl (C=O) groups excluding carboxylic acids is 2. The van der Waals surface area contributed by atoms with Crippen LogP contribution in [0.5, 0.6) is 0 Å². The van der Waals surface area contributed by atoms with Gasteiger partial charge in [-0.1, -0.05) is 0 Å². The molecule has 0 aromatic heterocycles. The summed E-state index contributed by atoms with van der Waals surface area (Å²) in [6.07, 6.45) is 3.61. The quantitative estimate of drug-likeness (QED) is 0.658. The smallest absolute Gasteiger partial charge is 0.292 e. The van der Waals surface area contributed by atoms with Gasteiger partial charge in [-0.3, -0.25) is 19.7 Å². The second-order valence-corrected chi connectivity index (χ2v) is 7.24. The molecule has 4 rings (SSSR count). The Bertz CT molecular complexity index is 775. The third-order valence-electron chi connectivity index (χ3n) is 5.37. The van der Waals surface area contributed by atoms with Crippen molar-refractivity contribution in [3.05, 3.63) is 27.8 Å². The highest BCUT2D eigenvalue weighted by Crippen LogP contribution is 2.37. The van der Waals surface area contributed by atoms with Crippen LogP contribution in [0.1, 0.15) is 31.2 Å². The lowest BCUT2D eigenvalue weighted by Gasteiger charge is -2.26. The van der Waals surface area contributed by atoms with E-state index in [4.69, 9.17) is 0 Å². The van der Waals surface area contributed by atoms with Gasteiger partial charge in [-0.15, -0.1) is 0 Å². The van der Waals surface area contributed by atoms with E-state index in [0.717, 1.165) is 24.8 Å². The molecule has 1 aliphatic carbocycles. The van der Waals surface area contributed by atoms with Crippen molar-refractivity contribution < 1.29 is 14.5 Å². The third kappa shape index (κ3) is 3.23. The Morgan fingerprint density at radius 1 is 1.15 bits per heavy atom. The molecule has 26 heavy (non-hydrogen) atoms. The Morgan fingerprint density at radius 2 is 1.96 bits per heavy atom. The van der Waals surface area contributed by atoms with E-state index >= 15 is 0 Å². The number of anilines is 2. The lowest BCUT2D eigenvalue weighted by Crippen LogP contribution is -2.36. The fraction of sp³-hybridized carbons (Fsp3) is 0.556. The summed E-state index contributed by atoms with van der Waals surface area (Å²) in [5.74, 6) is 0.350. The fourth-order valence-corrected chi connectivity index (χ4v) is 3.77. The van der Waals surface area contributed by atoms with E-state index in [-0.39, 0.29) is 28.3 Å². The van der Waals surface area contributed by atoms with Gasteiger partial charge in [-0.25, -0.2) is 0 Å². The van der Waals surface area contributed by atoms with E-state index in [0.29, 0.717) is 50.4 Å². The Hall–Kier alpha value is -2.64. The minimum Gasteiger partial charge on any atom is -0.364 e. The first-order valence-electron chi connectivity index (χ1n) is 9.18. The van der Waals surface area contributed by atoms with Crippen molar-refractivity contribution in [2.24, 2.45) is 5.92 Å². The van der Waals surface area contributed by atoms with Crippen molar-refractivity contribution in [3.8, 4) is 0 Å². The fourth-order valence-electron chi connectivity index (χ4n) is 3.77. The summed E-state index contributed by atoms with van der Waals surface area (Å²) >= 11 is 0. The van der Waals surface area contributed by atoms with Crippen LogP contribution in [0, 0.1) is 16.0 Å². The minimum absolute atomic E-state index is 0.0608. The van der Waals surface area contributed by atoms with Crippen LogP contribution >= 0.6 is 0 Å². The molecule has 1 saturated carbocycles. The van der Waals surface area contributed by atoms with Crippen LogP contribution < -0.4 is 10.2 Å². The summed E-state index contributed by atoms with van der Waals surface area (Å²) in [4.78, 5) is 39.1. The number of nitrogens with one attached hydrogen (secondary N) is 1. The van der Waals surface area contributed by atoms with Gasteiger partial charge in [0.15, 0.2) is 0 Å². The predicted molar refractivity (Wildman–Crippen MR) is 96.2 cm³/mol. The van der Waals surface area contributed by atoms with Crippen molar-refractivity contribution in [1.82, 2.24) is 4.90 Å². The first-order valence-corrected chi connectivity index (χ1v) is 9.18. The highest BCUT2D eigenvalue weighted by Gasteiger charge is 2.34. The first-order chi connectivity index (χ1) is 12.5. The van der Waals surface area contributed by atoms with Crippen LogP contribution in [0.4, 0.5) is 17.1 Å².